The highest BCUT2D eigenvalue weighted by atomic mass is 32.1. The standard InChI is InChI=1S/C26H24N2O6S/c1-3-33-25(31)17-7-11-19(12-8-17)27-23(29)22(16-21-6-5-15-35-21)24(30)28-20-13-9-18(10-14-20)26(32)34-4-2/h5-16H,3-4H2,1-2H3,(H,27,29)(H,28,30). The minimum Gasteiger partial charge on any atom is -0.462 e. The largest absolute Gasteiger partial charge is 0.462 e. The predicted molar refractivity (Wildman–Crippen MR) is 134 cm³/mol. The molecule has 0 aliphatic carbocycles. The topological polar surface area (TPSA) is 111 Å². The van der Waals surface area contributed by atoms with Crippen LogP contribution in [-0.4, -0.2) is 37.0 Å². The van der Waals surface area contributed by atoms with Crippen LogP contribution in [0.5, 0.6) is 0 Å². The molecule has 35 heavy (non-hydrogen) atoms. The van der Waals surface area contributed by atoms with Crippen LogP contribution in [0.2, 0.25) is 0 Å². The third-order valence-electron chi connectivity index (χ3n) is 4.63. The first kappa shape index (κ1) is 25.4. The van der Waals surface area contributed by atoms with E-state index in [9.17, 15) is 19.2 Å². The van der Waals surface area contributed by atoms with Crippen LogP contribution in [0.1, 0.15) is 39.4 Å². The highest BCUT2D eigenvalue weighted by Gasteiger charge is 2.20. The molecule has 9 heteroatoms. The first-order chi connectivity index (χ1) is 16.9. The Morgan fingerprint density at radius 1 is 0.743 bits per heavy atom. The van der Waals surface area contributed by atoms with Crippen molar-refractivity contribution in [3.8, 4) is 0 Å². The predicted octanol–water partition coefficient (Wildman–Crippen LogP) is 4.76. The van der Waals surface area contributed by atoms with Gasteiger partial charge in [0, 0.05) is 16.3 Å². The summed E-state index contributed by atoms with van der Waals surface area (Å²) in [6.45, 7) is 3.95. The molecule has 180 valence electrons. The van der Waals surface area contributed by atoms with E-state index in [1.807, 2.05) is 11.4 Å². The number of benzene rings is 2. The van der Waals surface area contributed by atoms with E-state index in [-0.39, 0.29) is 18.8 Å². The molecule has 0 bridgehead atoms. The Morgan fingerprint density at radius 3 is 1.57 bits per heavy atom. The summed E-state index contributed by atoms with van der Waals surface area (Å²) in [7, 11) is 0. The third-order valence-corrected chi connectivity index (χ3v) is 5.45. The van der Waals surface area contributed by atoms with Crippen molar-refractivity contribution >= 4 is 52.5 Å². The molecule has 3 aromatic rings. The monoisotopic (exact) mass is 492 g/mol. The zero-order chi connectivity index (χ0) is 25.2. The number of hydrogen-bond donors (Lipinski definition) is 2. The van der Waals surface area contributed by atoms with Gasteiger partial charge in [-0.3, -0.25) is 9.59 Å². The van der Waals surface area contributed by atoms with E-state index < -0.39 is 23.8 Å². The smallest absolute Gasteiger partial charge is 0.338 e. The molecular formula is C26H24N2O6S. The maximum atomic E-state index is 13.0. The second-order valence-corrected chi connectivity index (χ2v) is 8.06. The quantitative estimate of drug-likeness (QED) is 0.193. The SMILES string of the molecule is CCOC(=O)c1ccc(NC(=O)C(=Cc2cccs2)C(=O)Nc2ccc(C(=O)OCC)cc2)cc1. The van der Waals surface area contributed by atoms with Crippen LogP contribution < -0.4 is 10.6 Å². The molecule has 0 unspecified atom stereocenters. The molecule has 0 radical (unpaired) electrons. The lowest BCUT2D eigenvalue weighted by Gasteiger charge is -2.11. The summed E-state index contributed by atoms with van der Waals surface area (Å²) in [5, 5.41) is 7.20. The minimum absolute atomic E-state index is 0.114. The molecule has 0 atom stereocenters. The normalized spacial score (nSPS) is 10.1. The van der Waals surface area contributed by atoms with Gasteiger partial charge in [0.2, 0.25) is 0 Å². The number of amides is 2. The van der Waals surface area contributed by atoms with E-state index in [0.29, 0.717) is 22.5 Å². The number of hydrogen-bond acceptors (Lipinski definition) is 7. The van der Waals surface area contributed by atoms with Gasteiger partial charge in [0.1, 0.15) is 5.57 Å². The molecule has 0 saturated carbocycles. The minimum atomic E-state index is -0.622. The van der Waals surface area contributed by atoms with Crippen LogP contribution in [0.15, 0.2) is 71.6 Å². The Hall–Kier alpha value is -4.24. The maximum Gasteiger partial charge on any atom is 0.338 e. The van der Waals surface area contributed by atoms with Crippen molar-refractivity contribution in [1.29, 1.82) is 0 Å². The average molecular weight is 493 g/mol. The van der Waals surface area contributed by atoms with Gasteiger partial charge in [-0.2, -0.15) is 0 Å². The number of rotatable bonds is 9. The van der Waals surface area contributed by atoms with E-state index in [1.165, 1.54) is 41.7 Å². The van der Waals surface area contributed by atoms with Crippen molar-refractivity contribution in [3.05, 3.63) is 87.6 Å². The van der Waals surface area contributed by atoms with Gasteiger partial charge in [-0.05, 0) is 79.9 Å². The van der Waals surface area contributed by atoms with E-state index in [1.54, 1.807) is 44.2 Å². The van der Waals surface area contributed by atoms with Crippen LogP contribution in [0.25, 0.3) is 6.08 Å². The number of esters is 2. The van der Waals surface area contributed by atoms with Crippen LogP contribution in [0, 0.1) is 0 Å². The summed E-state index contributed by atoms with van der Waals surface area (Å²) in [4.78, 5) is 50.4. The second kappa shape index (κ2) is 12.3. The van der Waals surface area contributed by atoms with E-state index in [4.69, 9.17) is 9.47 Å². The Bertz CT molecular complexity index is 1140. The van der Waals surface area contributed by atoms with Gasteiger partial charge in [-0.1, -0.05) is 6.07 Å². The van der Waals surface area contributed by atoms with Crippen LogP contribution >= 0.6 is 11.3 Å². The van der Waals surface area contributed by atoms with Crippen LogP contribution in [-0.2, 0) is 19.1 Å². The Labute approximate surface area is 206 Å². The van der Waals surface area contributed by atoms with Gasteiger partial charge < -0.3 is 20.1 Å². The Morgan fingerprint density at radius 2 is 1.20 bits per heavy atom. The van der Waals surface area contributed by atoms with Gasteiger partial charge in [0.05, 0.1) is 24.3 Å². The fraction of sp³-hybridized carbons (Fsp3) is 0.154. The fourth-order valence-electron chi connectivity index (χ4n) is 2.95. The molecular weight excluding hydrogens is 468 g/mol. The third kappa shape index (κ3) is 7.12. The molecule has 2 aromatic carbocycles. The van der Waals surface area contributed by atoms with Crippen molar-refractivity contribution in [3.63, 3.8) is 0 Å². The lowest BCUT2D eigenvalue weighted by atomic mass is 10.1. The lowest BCUT2D eigenvalue weighted by Crippen LogP contribution is -2.25. The molecule has 0 spiro atoms. The van der Waals surface area contributed by atoms with E-state index in [0.717, 1.165) is 4.88 Å². The summed E-state index contributed by atoms with van der Waals surface area (Å²) < 4.78 is 9.91. The number of ether oxygens (including phenoxy) is 2. The van der Waals surface area contributed by atoms with Crippen LogP contribution in [0.3, 0.4) is 0 Å². The molecule has 3 rings (SSSR count). The van der Waals surface area contributed by atoms with Crippen molar-refractivity contribution in [2.45, 2.75) is 13.8 Å². The molecule has 2 N–H and O–H groups in total. The van der Waals surface area contributed by atoms with Gasteiger partial charge in [0.25, 0.3) is 11.8 Å². The number of carbonyl (C=O) groups excluding carboxylic acids is 4. The highest BCUT2D eigenvalue weighted by molar-refractivity contribution is 7.10. The van der Waals surface area contributed by atoms with Crippen molar-refractivity contribution < 1.29 is 28.7 Å². The summed E-state index contributed by atoms with van der Waals surface area (Å²) in [5.41, 5.74) is 1.40. The summed E-state index contributed by atoms with van der Waals surface area (Å²) in [5.74, 6) is -2.17. The molecule has 1 aromatic heterocycles. The zero-order valence-corrected chi connectivity index (χ0v) is 20.0. The van der Waals surface area contributed by atoms with Crippen molar-refractivity contribution in [2.75, 3.05) is 23.8 Å². The Kier molecular flexibility index (Phi) is 8.91. The van der Waals surface area contributed by atoms with Crippen LogP contribution in [0.4, 0.5) is 11.4 Å². The second-order valence-electron chi connectivity index (χ2n) is 7.08. The van der Waals surface area contributed by atoms with Gasteiger partial charge in [-0.25, -0.2) is 9.59 Å². The first-order valence-electron chi connectivity index (χ1n) is 10.8. The molecule has 0 fully saturated rings. The summed E-state index contributed by atoms with van der Waals surface area (Å²) in [6.07, 6.45) is 1.50. The molecule has 8 nitrogen and oxygen atoms in total. The molecule has 1 heterocycles. The van der Waals surface area contributed by atoms with Gasteiger partial charge in [-0.15, -0.1) is 11.3 Å². The van der Waals surface area contributed by atoms with Crippen molar-refractivity contribution in [1.82, 2.24) is 0 Å². The summed E-state index contributed by atoms with van der Waals surface area (Å²) >= 11 is 1.38. The first-order valence-corrected chi connectivity index (χ1v) is 11.7. The molecule has 0 aliphatic rings. The number of carbonyl (C=O) groups is 4. The average Bonchev–Trinajstić information content (AvgIpc) is 3.37. The molecule has 2 amide bonds. The van der Waals surface area contributed by atoms with Gasteiger partial charge >= 0.3 is 11.9 Å². The number of nitrogens with one attached hydrogen (secondary N) is 2. The number of anilines is 2. The van der Waals surface area contributed by atoms with Crippen molar-refractivity contribution in [2.24, 2.45) is 0 Å². The summed E-state index contributed by atoms with van der Waals surface area (Å²) in [6, 6.07) is 15.9. The van der Waals surface area contributed by atoms with E-state index in [2.05, 4.69) is 10.6 Å². The zero-order valence-electron chi connectivity index (χ0n) is 19.2. The maximum absolute atomic E-state index is 13.0. The fourth-order valence-corrected chi connectivity index (χ4v) is 3.61. The van der Waals surface area contributed by atoms with Gasteiger partial charge in [0.15, 0.2) is 0 Å². The molecule has 0 saturated heterocycles. The lowest BCUT2D eigenvalue weighted by molar-refractivity contribution is -0.118. The molecule has 0 aliphatic heterocycles. The van der Waals surface area contributed by atoms with E-state index >= 15 is 0 Å². The highest BCUT2D eigenvalue weighted by Crippen LogP contribution is 2.19. The Balaban J connectivity index is 1.76. The number of thiophene rings is 1.